The quantitative estimate of drug-likeness (QED) is 0.346. The lowest BCUT2D eigenvalue weighted by Crippen LogP contribution is -2.18. The van der Waals surface area contributed by atoms with E-state index in [0.29, 0.717) is 12.2 Å². The molecule has 1 aromatic heterocycles. The van der Waals surface area contributed by atoms with Crippen LogP contribution in [0.4, 0.5) is 0 Å². The second-order valence-corrected chi connectivity index (χ2v) is 7.51. The third kappa shape index (κ3) is 3.76. The van der Waals surface area contributed by atoms with Crippen LogP contribution in [0.1, 0.15) is 21.5 Å². The van der Waals surface area contributed by atoms with Gasteiger partial charge in [0.2, 0.25) is 0 Å². The first-order valence-electron chi connectivity index (χ1n) is 8.88. The average molecular weight is 389 g/mol. The number of ether oxygens (including phenoxy) is 1. The van der Waals surface area contributed by atoms with E-state index in [0.717, 1.165) is 32.5 Å². The van der Waals surface area contributed by atoms with Gasteiger partial charge in [0.05, 0.1) is 0 Å². The number of hydrogen-bond donors (Lipinski definition) is 2. The van der Waals surface area contributed by atoms with E-state index in [1.54, 1.807) is 28.9 Å². The maximum absolute atomic E-state index is 11.7. The summed E-state index contributed by atoms with van der Waals surface area (Å²) in [5.74, 6) is 0.295. The molecule has 0 fully saturated rings. The standard InChI is InChI=1S/C23H19NO3S/c1-15-2-4-16(5-3-15)13-27-19-9-6-17(7-10-19)21-14-28-22-11-8-18(12-20(21)22)23(25)24-26/h2-12,14,26H,13H2,1H3,(H,24,25). The number of hydrogen-bond acceptors (Lipinski definition) is 4. The van der Waals surface area contributed by atoms with Crippen LogP contribution in [0.25, 0.3) is 21.2 Å². The molecule has 0 radical (unpaired) electrons. The van der Waals surface area contributed by atoms with Crippen molar-refractivity contribution < 1.29 is 14.7 Å². The molecule has 0 saturated heterocycles. The molecule has 0 aliphatic rings. The van der Waals surface area contributed by atoms with Gasteiger partial charge in [0, 0.05) is 21.2 Å². The van der Waals surface area contributed by atoms with Crippen molar-refractivity contribution in [1.29, 1.82) is 0 Å². The highest BCUT2D eigenvalue weighted by Gasteiger charge is 2.11. The number of thiophene rings is 1. The van der Waals surface area contributed by atoms with Gasteiger partial charge in [0.25, 0.3) is 5.91 Å². The number of amides is 1. The van der Waals surface area contributed by atoms with Crippen LogP contribution < -0.4 is 10.2 Å². The summed E-state index contributed by atoms with van der Waals surface area (Å²) in [6, 6.07) is 21.6. The summed E-state index contributed by atoms with van der Waals surface area (Å²) in [5.41, 5.74) is 6.58. The van der Waals surface area contributed by atoms with Gasteiger partial charge in [0.1, 0.15) is 12.4 Å². The van der Waals surface area contributed by atoms with E-state index in [1.165, 1.54) is 5.56 Å². The predicted octanol–water partition coefficient (Wildman–Crippen LogP) is 5.57. The predicted molar refractivity (Wildman–Crippen MR) is 112 cm³/mol. The van der Waals surface area contributed by atoms with Crippen LogP contribution in [0, 0.1) is 6.92 Å². The van der Waals surface area contributed by atoms with Crippen LogP contribution in [0.3, 0.4) is 0 Å². The van der Waals surface area contributed by atoms with Gasteiger partial charge in [-0.3, -0.25) is 10.0 Å². The summed E-state index contributed by atoms with van der Waals surface area (Å²) in [6.07, 6.45) is 0. The number of aryl methyl sites for hydroxylation is 1. The summed E-state index contributed by atoms with van der Waals surface area (Å²) in [5, 5.41) is 11.9. The SMILES string of the molecule is Cc1ccc(COc2ccc(-c3csc4ccc(C(=O)NO)cc34)cc2)cc1. The van der Waals surface area contributed by atoms with Crippen LogP contribution in [0.15, 0.2) is 72.1 Å². The highest BCUT2D eigenvalue weighted by atomic mass is 32.1. The summed E-state index contributed by atoms with van der Waals surface area (Å²) in [6.45, 7) is 2.59. The number of benzene rings is 3. The zero-order chi connectivity index (χ0) is 19.5. The first-order chi connectivity index (χ1) is 13.6. The Labute approximate surface area is 167 Å². The summed E-state index contributed by atoms with van der Waals surface area (Å²) < 4.78 is 6.97. The second-order valence-electron chi connectivity index (χ2n) is 6.60. The average Bonchev–Trinajstić information content (AvgIpc) is 3.16. The van der Waals surface area contributed by atoms with Crippen molar-refractivity contribution >= 4 is 27.3 Å². The van der Waals surface area contributed by atoms with Gasteiger partial charge < -0.3 is 4.74 Å². The highest BCUT2D eigenvalue weighted by Crippen LogP contribution is 2.35. The summed E-state index contributed by atoms with van der Waals surface area (Å²) in [7, 11) is 0. The van der Waals surface area contributed by atoms with Crippen molar-refractivity contribution in [2.75, 3.05) is 0 Å². The maximum atomic E-state index is 11.7. The van der Waals surface area contributed by atoms with Crippen LogP contribution in [0.5, 0.6) is 5.75 Å². The van der Waals surface area contributed by atoms with Crippen molar-refractivity contribution in [2.45, 2.75) is 13.5 Å². The van der Waals surface area contributed by atoms with Crippen molar-refractivity contribution in [3.05, 3.63) is 88.8 Å². The zero-order valence-corrected chi connectivity index (χ0v) is 16.1. The van der Waals surface area contributed by atoms with Gasteiger partial charge in [0.15, 0.2) is 0 Å². The molecule has 5 heteroatoms. The van der Waals surface area contributed by atoms with E-state index >= 15 is 0 Å². The molecule has 4 rings (SSSR count). The Bertz CT molecular complexity index is 1120. The van der Waals surface area contributed by atoms with Crippen LogP contribution in [-0.4, -0.2) is 11.1 Å². The van der Waals surface area contributed by atoms with Gasteiger partial charge in [-0.25, -0.2) is 5.48 Å². The van der Waals surface area contributed by atoms with E-state index < -0.39 is 5.91 Å². The van der Waals surface area contributed by atoms with Gasteiger partial charge >= 0.3 is 0 Å². The Balaban J connectivity index is 1.55. The molecule has 4 nitrogen and oxygen atoms in total. The molecule has 0 aliphatic carbocycles. The van der Waals surface area contributed by atoms with Gasteiger partial charge in [-0.2, -0.15) is 0 Å². The number of nitrogens with one attached hydrogen (secondary N) is 1. The second kappa shape index (κ2) is 7.84. The lowest BCUT2D eigenvalue weighted by atomic mass is 10.0. The number of carbonyl (C=O) groups excluding carboxylic acids is 1. The fraction of sp³-hybridized carbons (Fsp3) is 0.0870. The van der Waals surface area contributed by atoms with Crippen molar-refractivity contribution in [1.82, 2.24) is 5.48 Å². The first kappa shape index (κ1) is 18.2. The number of carbonyl (C=O) groups is 1. The van der Waals surface area contributed by atoms with E-state index in [4.69, 9.17) is 9.94 Å². The smallest absolute Gasteiger partial charge is 0.274 e. The molecule has 4 aromatic rings. The molecular formula is C23H19NO3S. The lowest BCUT2D eigenvalue weighted by molar-refractivity contribution is 0.0706. The topological polar surface area (TPSA) is 58.6 Å². The molecule has 0 aliphatic heterocycles. The van der Waals surface area contributed by atoms with Gasteiger partial charge in [-0.15, -0.1) is 11.3 Å². The normalized spacial score (nSPS) is 10.8. The minimum atomic E-state index is -0.515. The van der Waals surface area contributed by atoms with E-state index in [-0.39, 0.29) is 0 Å². The van der Waals surface area contributed by atoms with Crippen LogP contribution >= 0.6 is 11.3 Å². The number of rotatable bonds is 5. The van der Waals surface area contributed by atoms with E-state index in [1.807, 2.05) is 30.3 Å². The fourth-order valence-electron chi connectivity index (χ4n) is 3.04. The molecule has 0 unspecified atom stereocenters. The Morgan fingerprint density at radius 3 is 2.50 bits per heavy atom. The Morgan fingerprint density at radius 2 is 1.79 bits per heavy atom. The molecule has 0 saturated carbocycles. The Hall–Kier alpha value is -3.15. The van der Waals surface area contributed by atoms with E-state index in [9.17, 15) is 4.79 Å². The van der Waals surface area contributed by atoms with Crippen LogP contribution in [0.2, 0.25) is 0 Å². The minimum Gasteiger partial charge on any atom is -0.489 e. The van der Waals surface area contributed by atoms with E-state index in [2.05, 4.69) is 36.6 Å². The third-order valence-electron chi connectivity index (χ3n) is 4.63. The molecule has 28 heavy (non-hydrogen) atoms. The van der Waals surface area contributed by atoms with Crippen molar-refractivity contribution in [3.63, 3.8) is 0 Å². The zero-order valence-electron chi connectivity index (χ0n) is 15.3. The lowest BCUT2D eigenvalue weighted by Gasteiger charge is -2.08. The maximum Gasteiger partial charge on any atom is 0.274 e. The van der Waals surface area contributed by atoms with Crippen LogP contribution in [-0.2, 0) is 6.61 Å². The molecule has 0 atom stereocenters. The summed E-state index contributed by atoms with van der Waals surface area (Å²) in [4.78, 5) is 11.7. The van der Waals surface area contributed by atoms with Crippen molar-refractivity contribution in [2.24, 2.45) is 0 Å². The third-order valence-corrected chi connectivity index (χ3v) is 5.59. The Morgan fingerprint density at radius 1 is 1.04 bits per heavy atom. The molecule has 0 spiro atoms. The number of hydroxylamine groups is 1. The Kier molecular flexibility index (Phi) is 5.10. The molecule has 0 bridgehead atoms. The molecular weight excluding hydrogens is 370 g/mol. The molecule has 140 valence electrons. The number of fused-ring (bicyclic) bond motifs is 1. The minimum absolute atomic E-state index is 0.424. The van der Waals surface area contributed by atoms with Gasteiger partial charge in [-0.1, -0.05) is 42.0 Å². The molecule has 1 heterocycles. The van der Waals surface area contributed by atoms with Gasteiger partial charge in [-0.05, 0) is 53.8 Å². The van der Waals surface area contributed by atoms with Crippen molar-refractivity contribution in [3.8, 4) is 16.9 Å². The largest absolute Gasteiger partial charge is 0.489 e. The molecule has 3 aromatic carbocycles. The fourth-order valence-corrected chi connectivity index (χ4v) is 3.99. The highest BCUT2D eigenvalue weighted by molar-refractivity contribution is 7.17. The molecule has 1 amide bonds. The monoisotopic (exact) mass is 389 g/mol. The first-order valence-corrected chi connectivity index (χ1v) is 9.76. The molecule has 2 N–H and O–H groups in total. The summed E-state index contributed by atoms with van der Waals surface area (Å²) >= 11 is 1.62.